The van der Waals surface area contributed by atoms with E-state index in [0.717, 1.165) is 5.56 Å². The van der Waals surface area contributed by atoms with Gasteiger partial charge in [0.15, 0.2) is 11.6 Å². The van der Waals surface area contributed by atoms with E-state index in [1.165, 1.54) is 6.07 Å². The third-order valence-electron chi connectivity index (χ3n) is 2.84. The predicted molar refractivity (Wildman–Crippen MR) is 75.3 cm³/mol. The fourth-order valence-corrected chi connectivity index (χ4v) is 2.06. The Morgan fingerprint density at radius 1 is 1.26 bits per heavy atom. The van der Waals surface area contributed by atoms with Gasteiger partial charge in [-0.15, -0.1) is 0 Å². The minimum atomic E-state index is -0.427. The summed E-state index contributed by atoms with van der Waals surface area (Å²) in [6.07, 6.45) is 0. The molecule has 0 bridgehead atoms. The molecule has 2 aromatic rings. The van der Waals surface area contributed by atoms with E-state index in [2.05, 4.69) is 0 Å². The monoisotopic (exact) mass is 279 g/mol. The van der Waals surface area contributed by atoms with Crippen molar-refractivity contribution < 1.29 is 9.13 Å². The first-order valence-electron chi connectivity index (χ1n) is 5.97. The van der Waals surface area contributed by atoms with E-state index in [-0.39, 0.29) is 11.8 Å². The third-order valence-corrected chi connectivity index (χ3v) is 3.07. The molecule has 0 fully saturated rings. The Balaban J connectivity index is 2.43. The standard InChI is InChI=1S/C15H15ClFNO/c1-9-8-11(16)6-7-14(9)19-15-12(10(2)18)4-3-5-13(15)17/h3-8,10H,18H2,1-2H3/t10-/m1/s1. The average molecular weight is 280 g/mol. The number of para-hydroxylation sites is 1. The maximum absolute atomic E-state index is 13.9. The Labute approximate surface area is 117 Å². The van der Waals surface area contributed by atoms with Crippen LogP contribution >= 0.6 is 11.6 Å². The number of aryl methyl sites for hydroxylation is 1. The van der Waals surface area contributed by atoms with Crippen LogP contribution in [0.2, 0.25) is 5.02 Å². The van der Waals surface area contributed by atoms with Crippen molar-refractivity contribution >= 4 is 11.6 Å². The Morgan fingerprint density at radius 3 is 2.63 bits per heavy atom. The van der Waals surface area contributed by atoms with Gasteiger partial charge in [0.25, 0.3) is 0 Å². The largest absolute Gasteiger partial charge is 0.454 e. The van der Waals surface area contributed by atoms with Crippen molar-refractivity contribution in [3.8, 4) is 11.5 Å². The molecule has 2 rings (SSSR count). The summed E-state index contributed by atoms with van der Waals surface area (Å²) in [5, 5.41) is 0.616. The van der Waals surface area contributed by atoms with E-state index in [1.54, 1.807) is 37.3 Å². The highest BCUT2D eigenvalue weighted by Gasteiger charge is 2.14. The molecule has 2 nitrogen and oxygen atoms in total. The quantitative estimate of drug-likeness (QED) is 0.891. The van der Waals surface area contributed by atoms with Gasteiger partial charge < -0.3 is 10.5 Å². The van der Waals surface area contributed by atoms with Crippen molar-refractivity contribution in [2.24, 2.45) is 5.73 Å². The molecule has 0 heterocycles. The fourth-order valence-electron chi connectivity index (χ4n) is 1.83. The average Bonchev–Trinajstić information content (AvgIpc) is 2.34. The Hall–Kier alpha value is -1.58. The SMILES string of the molecule is Cc1cc(Cl)ccc1Oc1c(F)cccc1[C@@H](C)N. The topological polar surface area (TPSA) is 35.2 Å². The van der Waals surface area contributed by atoms with E-state index >= 15 is 0 Å². The molecule has 0 saturated heterocycles. The molecule has 0 aliphatic heterocycles. The van der Waals surface area contributed by atoms with Crippen LogP contribution in [0.4, 0.5) is 4.39 Å². The van der Waals surface area contributed by atoms with Crippen molar-refractivity contribution in [3.05, 3.63) is 58.4 Å². The van der Waals surface area contributed by atoms with Gasteiger partial charge in [0, 0.05) is 16.6 Å². The summed E-state index contributed by atoms with van der Waals surface area (Å²) in [6, 6.07) is 9.61. The number of nitrogens with two attached hydrogens (primary N) is 1. The van der Waals surface area contributed by atoms with Crippen LogP contribution in [-0.4, -0.2) is 0 Å². The third kappa shape index (κ3) is 3.06. The van der Waals surface area contributed by atoms with Gasteiger partial charge in [-0.1, -0.05) is 23.7 Å². The summed E-state index contributed by atoms with van der Waals surface area (Å²) in [4.78, 5) is 0. The van der Waals surface area contributed by atoms with Crippen molar-refractivity contribution in [2.45, 2.75) is 19.9 Å². The highest BCUT2D eigenvalue weighted by Crippen LogP contribution is 2.33. The molecule has 2 aromatic carbocycles. The minimum Gasteiger partial charge on any atom is -0.454 e. The first-order valence-corrected chi connectivity index (χ1v) is 6.35. The molecule has 1 atom stereocenters. The molecule has 0 saturated carbocycles. The summed E-state index contributed by atoms with van der Waals surface area (Å²) >= 11 is 5.88. The van der Waals surface area contributed by atoms with Crippen LogP contribution in [-0.2, 0) is 0 Å². The van der Waals surface area contributed by atoms with Crippen molar-refractivity contribution in [3.63, 3.8) is 0 Å². The summed E-state index contributed by atoms with van der Waals surface area (Å²) in [5.41, 5.74) is 7.30. The van der Waals surface area contributed by atoms with E-state index in [9.17, 15) is 4.39 Å². The zero-order chi connectivity index (χ0) is 14.0. The molecule has 0 spiro atoms. The molecule has 0 aliphatic rings. The minimum absolute atomic E-state index is 0.169. The first-order chi connectivity index (χ1) is 8.99. The molecule has 0 unspecified atom stereocenters. The van der Waals surface area contributed by atoms with Crippen LogP contribution in [0.3, 0.4) is 0 Å². The van der Waals surface area contributed by atoms with E-state index in [4.69, 9.17) is 22.1 Å². The Bertz CT molecular complexity index is 599. The second-order valence-electron chi connectivity index (χ2n) is 4.46. The number of hydrogen-bond donors (Lipinski definition) is 1. The number of rotatable bonds is 3. The van der Waals surface area contributed by atoms with Crippen LogP contribution in [0.15, 0.2) is 36.4 Å². The number of halogens is 2. The molecule has 100 valence electrons. The van der Waals surface area contributed by atoms with Crippen molar-refractivity contribution in [1.29, 1.82) is 0 Å². The molecule has 0 aromatic heterocycles. The van der Waals surface area contributed by atoms with E-state index < -0.39 is 5.82 Å². The molecule has 0 radical (unpaired) electrons. The van der Waals surface area contributed by atoms with Gasteiger partial charge in [-0.2, -0.15) is 0 Å². The van der Waals surface area contributed by atoms with Crippen LogP contribution in [0, 0.1) is 12.7 Å². The molecule has 4 heteroatoms. The molecule has 19 heavy (non-hydrogen) atoms. The van der Waals surface area contributed by atoms with Crippen LogP contribution < -0.4 is 10.5 Å². The lowest BCUT2D eigenvalue weighted by Crippen LogP contribution is -2.07. The highest BCUT2D eigenvalue weighted by molar-refractivity contribution is 6.30. The lowest BCUT2D eigenvalue weighted by Gasteiger charge is -2.15. The normalized spacial score (nSPS) is 12.3. The number of hydrogen-bond acceptors (Lipinski definition) is 2. The predicted octanol–water partition coefficient (Wildman–Crippen LogP) is 4.60. The van der Waals surface area contributed by atoms with Gasteiger partial charge >= 0.3 is 0 Å². The van der Waals surface area contributed by atoms with Gasteiger partial charge in [0.2, 0.25) is 0 Å². The molecular formula is C15H15ClFNO. The maximum Gasteiger partial charge on any atom is 0.167 e. The van der Waals surface area contributed by atoms with Gasteiger partial charge in [-0.05, 0) is 43.7 Å². The Morgan fingerprint density at radius 2 is 2.00 bits per heavy atom. The second kappa shape index (κ2) is 5.59. The molecule has 0 aliphatic carbocycles. The van der Waals surface area contributed by atoms with Gasteiger partial charge in [-0.3, -0.25) is 0 Å². The number of benzene rings is 2. The molecule has 0 amide bonds. The van der Waals surface area contributed by atoms with Gasteiger partial charge in [0.05, 0.1) is 0 Å². The summed E-state index contributed by atoms with van der Waals surface area (Å²) in [5.74, 6) is 0.309. The van der Waals surface area contributed by atoms with Crippen molar-refractivity contribution in [2.75, 3.05) is 0 Å². The number of ether oxygens (including phenoxy) is 1. The maximum atomic E-state index is 13.9. The van der Waals surface area contributed by atoms with Crippen LogP contribution in [0.1, 0.15) is 24.1 Å². The molecular weight excluding hydrogens is 265 g/mol. The zero-order valence-corrected chi connectivity index (χ0v) is 11.5. The van der Waals surface area contributed by atoms with E-state index in [1.807, 2.05) is 6.92 Å². The van der Waals surface area contributed by atoms with Gasteiger partial charge in [0.1, 0.15) is 5.75 Å². The fraction of sp³-hybridized carbons (Fsp3) is 0.200. The van der Waals surface area contributed by atoms with Crippen LogP contribution in [0.25, 0.3) is 0 Å². The first kappa shape index (κ1) is 13.8. The summed E-state index contributed by atoms with van der Waals surface area (Å²) in [6.45, 7) is 3.64. The van der Waals surface area contributed by atoms with Crippen molar-refractivity contribution in [1.82, 2.24) is 0 Å². The Kier molecular flexibility index (Phi) is 4.08. The lowest BCUT2D eigenvalue weighted by atomic mass is 10.1. The highest BCUT2D eigenvalue weighted by atomic mass is 35.5. The smallest absolute Gasteiger partial charge is 0.167 e. The zero-order valence-electron chi connectivity index (χ0n) is 10.8. The molecule has 2 N–H and O–H groups in total. The second-order valence-corrected chi connectivity index (χ2v) is 4.90. The van der Waals surface area contributed by atoms with E-state index in [0.29, 0.717) is 16.3 Å². The summed E-state index contributed by atoms with van der Waals surface area (Å²) < 4.78 is 19.6. The lowest BCUT2D eigenvalue weighted by molar-refractivity contribution is 0.430. The van der Waals surface area contributed by atoms with Crippen LogP contribution in [0.5, 0.6) is 11.5 Å². The summed E-state index contributed by atoms with van der Waals surface area (Å²) in [7, 11) is 0. The van der Waals surface area contributed by atoms with Gasteiger partial charge in [-0.25, -0.2) is 4.39 Å².